The van der Waals surface area contributed by atoms with E-state index in [0.717, 1.165) is 6.54 Å². The average Bonchev–Trinajstić information content (AvgIpc) is 3.08. The standard InChI is InChI=1S/C13H19N3O2/c1-8(2)13(4-5-13)7-16-11-10(14)9(12(17)18)3-6-15-11/h3,6,8H,4-5,7,14H2,1-2H3,(H,15,16)(H,17,18). The molecule has 1 aromatic rings. The van der Waals surface area contributed by atoms with Gasteiger partial charge >= 0.3 is 5.97 Å². The van der Waals surface area contributed by atoms with Gasteiger partial charge in [-0.2, -0.15) is 0 Å². The Labute approximate surface area is 106 Å². The monoisotopic (exact) mass is 249 g/mol. The van der Waals surface area contributed by atoms with Crippen LogP contribution in [0.15, 0.2) is 12.3 Å². The van der Waals surface area contributed by atoms with E-state index in [9.17, 15) is 4.79 Å². The summed E-state index contributed by atoms with van der Waals surface area (Å²) in [6.45, 7) is 5.21. The number of anilines is 2. The number of nitrogens with one attached hydrogen (secondary N) is 1. The van der Waals surface area contributed by atoms with Crippen molar-refractivity contribution in [3.63, 3.8) is 0 Å². The van der Waals surface area contributed by atoms with E-state index in [1.54, 1.807) is 0 Å². The van der Waals surface area contributed by atoms with Crippen LogP contribution in [0.3, 0.4) is 0 Å². The van der Waals surface area contributed by atoms with E-state index in [4.69, 9.17) is 10.8 Å². The second-order valence-electron chi connectivity index (χ2n) is 5.30. The van der Waals surface area contributed by atoms with Crippen molar-refractivity contribution < 1.29 is 9.90 Å². The van der Waals surface area contributed by atoms with Crippen LogP contribution in [0.1, 0.15) is 37.0 Å². The van der Waals surface area contributed by atoms with Crippen LogP contribution in [-0.4, -0.2) is 22.6 Å². The number of pyridine rings is 1. The van der Waals surface area contributed by atoms with Crippen LogP contribution in [0.4, 0.5) is 11.5 Å². The Hall–Kier alpha value is -1.78. The van der Waals surface area contributed by atoms with Gasteiger partial charge in [0.1, 0.15) is 5.82 Å². The minimum absolute atomic E-state index is 0.0990. The molecule has 1 fully saturated rings. The van der Waals surface area contributed by atoms with Gasteiger partial charge in [0.05, 0.1) is 11.3 Å². The lowest BCUT2D eigenvalue weighted by Crippen LogP contribution is -2.22. The van der Waals surface area contributed by atoms with Gasteiger partial charge in [-0.25, -0.2) is 9.78 Å². The van der Waals surface area contributed by atoms with Gasteiger partial charge < -0.3 is 16.2 Å². The largest absolute Gasteiger partial charge is 0.478 e. The number of carboxylic acids is 1. The fraction of sp³-hybridized carbons (Fsp3) is 0.538. The van der Waals surface area contributed by atoms with Gasteiger partial charge in [-0.05, 0) is 30.2 Å². The summed E-state index contributed by atoms with van der Waals surface area (Å²) in [4.78, 5) is 15.1. The van der Waals surface area contributed by atoms with Crippen molar-refractivity contribution in [1.82, 2.24) is 4.98 Å². The van der Waals surface area contributed by atoms with Crippen molar-refractivity contribution in [2.75, 3.05) is 17.6 Å². The summed E-state index contributed by atoms with van der Waals surface area (Å²) in [6.07, 6.45) is 3.88. The van der Waals surface area contributed by atoms with E-state index in [1.165, 1.54) is 25.1 Å². The quantitative estimate of drug-likeness (QED) is 0.744. The molecular formula is C13H19N3O2. The number of nitrogens with zero attached hydrogens (tertiary/aromatic N) is 1. The first kappa shape index (κ1) is 12.7. The highest BCUT2D eigenvalue weighted by atomic mass is 16.4. The molecule has 1 heterocycles. The molecule has 0 saturated heterocycles. The Morgan fingerprint density at radius 1 is 1.61 bits per heavy atom. The van der Waals surface area contributed by atoms with Crippen LogP contribution >= 0.6 is 0 Å². The molecule has 0 radical (unpaired) electrons. The summed E-state index contributed by atoms with van der Waals surface area (Å²) < 4.78 is 0. The molecule has 0 spiro atoms. The van der Waals surface area contributed by atoms with Crippen LogP contribution in [-0.2, 0) is 0 Å². The average molecular weight is 249 g/mol. The van der Waals surface area contributed by atoms with E-state index in [2.05, 4.69) is 24.1 Å². The zero-order valence-electron chi connectivity index (χ0n) is 10.7. The van der Waals surface area contributed by atoms with E-state index in [-0.39, 0.29) is 11.3 Å². The first-order chi connectivity index (χ1) is 8.46. The Morgan fingerprint density at radius 2 is 2.28 bits per heavy atom. The van der Waals surface area contributed by atoms with Crippen molar-refractivity contribution in [1.29, 1.82) is 0 Å². The summed E-state index contributed by atoms with van der Waals surface area (Å²) >= 11 is 0. The van der Waals surface area contributed by atoms with Gasteiger partial charge in [-0.1, -0.05) is 13.8 Å². The van der Waals surface area contributed by atoms with Crippen molar-refractivity contribution >= 4 is 17.5 Å². The van der Waals surface area contributed by atoms with E-state index >= 15 is 0 Å². The Bertz CT molecular complexity index is 467. The van der Waals surface area contributed by atoms with Crippen molar-refractivity contribution in [3.8, 4) is 0 Å². The molecular weight excluding hydrogens is 230 g/mol. The summed E-state index contributed by atoms with van der Waals surface area (Å²) in [5, 5.41) is 12.2. The van der Waals surface area contributed by atoms with Gasteiger partial charge in [-0.15, -0.1) is 0 Å². The Morgan fingerprint density at radius 3 is 2.78 bits per heavy atom. The van der Waals surface area contributed by atoms with Gasteiger partial charge in [0.2, 0.25) is 0 Å². The molecule has 1 aliphatic carbocycles. The highest BCUT2D eigenvalue weighted by Crippen LogP contribution is 2.51. The molecule has 0 atom stereocenters. The second kappa shape index (κ2) is 4.48. The minimum atomic E-state index is -1.03. The van der Waals surface area contributed by atoms with Crippen molar-refractivity contribution in [3.05, 3.63) is 17.8 Å². The molecule has 5 nitrogen and oxygen atoms in total. The van der Waals surface area contributed by atoms with Crippen LogP contribution in [0.2, 0.25) is 0 Å². The maximum Gasteiger partial charge on any atom is 0.337 e. The molecule has 0 aromatic carbocycles. The molecule has 18 heavy (non-hydrogen) atoms. The highest BCUT2D eigenvalue weighted by Gasteiger charge is 2.45. The molecule has 0 amide bonds. The number of rotatable bonds is 5. The molecule has 98 valence electrons. The van der Waals surface area contributed by atoms with Crippen LogP contribution in [0, 0.1) is 11.3 Å². The zero-order chi connectivity index (χ0) is 13.3. The molecule has 0 unspecified atom stereocenters. The molecule has 0 bridgehead atoms. The lowest BCUT2D eigenvalue weighted by atomic mass is 9.92. The summed E-state index contributed by atoms with van der Waals surface area (Å²) in [5.41, 5.74) is 6.44. The molecule has 2 rings (SSSR count). The number of nitrogen functional groups attached to an aromatic ring is 1. The third-order valence-electron chi connectivity index (χ3n) is 3.95. The van der Waals surface area contributed by atoms with E-state index in [1.807, 2.05) is 0 Å². The van der Waals surface area contributed by atoms with Crippen molar-refractivity contribution in [2.45, 2.75) is 26.7 Å². The van der Waals surface area contributed by atoms with Gasteiger partial charge in [0.25, 0.3) is 0 Å². The number of hydrogen-bond donors (Lipinski definition) is 3. The number of carboxylic acid groups (broad SMARTS) is 1. The minimum Gasteiger partial charge on any atom is -0.478 e. The zero-order valence-corrected chi connectivity index (χ0v) is 10.7. The van der Waals surface area contributed by atoms with E-state index in [0.29, 0.717) is 17.2 Å². The number of carbonyl (C=O) groups is 1. The smallest absolute Gasteiger partial charge is 0.337 e. The van der Waals surface area contributed by atoms with Crippen LogP contribution in [0.25, 0.3) is 0 Å². The molecule has 1 aromatic heterocycles. The fourth-order valence-corrected chi connectivity index (χ4v) is 2.18. The Kier molecular flexibility index (Phi) is 3.15. The first-order valence-electron chi connectivity index (χ1n) is 6.18. The SMILES string of the molecule is CC(C)C1(CNc2nccc(C(=O)O)c2N)CC1. The number of hydrogen-bond acceptors (Lipinski definition) is 4. The third-order valence-corrected chi connectivity index (χ3v) is 3.95. The number of aromatic nitrogens is 1. The van der Waals surface area contributed by atoms with E-state index < -0.39 is 5.97 Å². The van der Waals surface area contributed by atoms with Crippen molar-refractivity contribution in [2.24, 2.45) is 11.3 Å². The van der Waals surface area contributed by atoms with Gasteiger partial charge in [0, 0.05) is 12.7 Å². The summed E-state index contributed by atoms with van der Waals surface area (Å²) in [5.74, 6) is 0.0543. The first-order valence-corrected chi connectivity index (χ1v) is 6.18. The third kappa shape index (κ3) is 2.25. The molecule has 0 aliphatic heterocycles. The van der Waals surface area contributed by atoms with Gasteiger partial charge in [-0.3, -0.25) is 0 Å². The summed E-state index contributed by atoms with van der Waals surface area (Å²) in [6, 6.07) is 1.41. The maximum atomic E-state index is 11.0. The maximum absolute atomic E-state index is 11.0. The summed E-state index contributed by atoms with van der Waals surface area (Å²) in [7, 11) is 0. The van der Waals surface area contributed by atoms with Crippen LogP contribution in [0.5, 0.6) is 0 Å². The lowest BCUT2D eigenvalue weighted by molar-refractivity contribution is 0.0698. The highest BCUT2D eigenvalue weighted by molar-refractivity contribution is 5.96. The second-order valence-corrected chi connectivity index (χ2v) is 5.30. The molecule has 1 saturated carbocycles. The Balaban J connectivity index is 2.11. The predicted octanol–water partition coefficient (Wildman–Crippen LogP) is 2.21. The predicted molar refractivity (Wildman–Crippen MR) is 70.6 cm³/mol. The normalized spacial score (nSPS) is 16.6. The lowest BCUT2D eigenvalue weighted by Gasteiger charge is -2.21. The molecule has 4 N–H and O–H groups in total. The molecule has 5 heteroatoms. The molecule has 1 aliphatic rings. The number of aromatic carboxylic acids is 1. The van der Waals surface area contributed by atoms with Gasteiger partial charge in [0.15, 0.2) is 0 Å². The topological polar surface area (TPSA) is 88.2 Å². The fourth-order valence-electron chi connectivity index (χ4n) is 2.18. The van der Waals surface area contributed by atoms with Crippen LogP contribution < -0.4 is 11.1 Å². The number of nitrogens with two attached hydrogens (primary N) is 1.